The van der Waals surface area contributed by atoms with Gasteiger partial charge in [0.25, 0.3) is 0 Å². The number of rotatable bonds is 7. The summed E-state index contributed by atoms with van der Waals surface area (Å²) in [4.78, 5) is 0. The molecule has 0 fully saturated rings. The maximum atomic E-state index is 5.95. The molecule has 0 bridgehead atoms. The Labute approximate surface area is 104 Å². The highest BCUT2D eigenvalue weighted by molar-refractivity contribution is 5.27. The van der Waals surface area contributed by atoms with Crippen LogP contribution in [-0.4, -0.2) is 26.2 Å². The van der Waals surface area contributed by atoms with Crippen molar-refractivity contribution in [3.63, 3.8) is 0 Å². The van der Waals surface area contributed by atoms with Crippen molar-refractivity contribution in [1.29, 1.82) is 0 Å². The second-order valence-corrected chi connectivity index (χ2v) is 4.71. The van der Waals surface area contributed by atoms with Gasteiger partial charge in [0, 0.05) is 12.6 Å². The van der Waals surface area contributed by atoms with E-state index in [0.29, 0.717) is 5.92 Å². The van der Waals surface area contributed by atoms with Crippen molar-refractivity contribution in [1.82, 2.24) is 5.32 Å². The summed E-state index contributed by atoms with van der Waals surface area (Å²) < 4.78 is 5.12. The highest BCUT2D eigenvalue weighted by atomic mass is 16.5. The summed E-state index contributed by atoms with van der Waals surface area (Å²) in [6.07, 6.45) is 1.02. The first kappa shape index (κ1) is 14.0. The minimum Gasteiger partial charge on any atom is -0.497 e. The molecular formula is C14H24N2O. The van der Waals surface area contributed by atoms with Gasteiger partial charge in [-0.15, -0.1) is 0 Å². The fourth-order valence-electron chi connectivity index (χ4n) is 1.53. The summed E-state index contributed by atoms with van der Waals surface area (Å²) >= 11 is 0. The lowest BCUT2D eigenvalue weighted by atomic mass is 10.1. The van der Waals surface area contributed by atoms with Crippen LogP contribution in [0, 0.1) is 5.92 Å². The van der Waals surface area contributed by atoms with Crippen LogP contribution in [0.15, 0.2) is 24.3 Å². The molecule has 0 saturated heterocycles. The van der Waals surface area contributed by atoms with Gasteiger partial charge in [0.05, 0.1) is 7.11 Å². The van der Waals surface area contributed by atoms with Crippen LogP contribution in [0.2, 0.25) is 0 Å². The zero-order valence-corrected chi connectivity index (χ0v) is 11.1. The third kappa shape index (κ3) is 5.20. The van der Waals surface area contributed by atoms with Gasteiger partial charge in [0.15, 0.2) is 0 Å². The second-order valence-electron chi connectivity index (χ2n) is 4.71. The molecule has 17 heavy (non-hydrogen) atoms. The highest BCUT2D eigenvalue weighted by Gasteiger charge is 2.05. The molecule has 3 N–H and O–H groups in total. The Morgan fingerprint density at radius 2 is 1.88 bits per heavy atom. The molecule has 3 heteroatoms. The van der Waals surface area contributed by atoms with Gasteiger partial charge in [0.2, 0.25) is 0 Å². The lowest BCUT2D eigenvalue weighted by Gasteiger charge is -2.16. The first-order valence-corrected chi connectivity index (χ1v) is 6.22. The minimum absolute atomic E-state index is 0.242. The van der Waals surface area contributed by atoms with Crippen molar-refractivity contribution in [2.45, 2.75) is 26.3 Å². The number of nitrogens with two attached hydrogens (primary N) is 1. The standard InChI is InChI=1S/C14H24N2O/c1-11(2)14(15)10-16-9-8-12-4-6-13(17-3)7-5-12/h4-7,11,14,16H,8-10,15H2,1-3H3. The average Bonchev–Trinajstić information content (AvgIpc) is 2.35. The predicted octanol–water partition coefficient (Wildman–Crippen LogP) is 1.81. The van der Waals surface area contributed by atoms with E-state index in [0.717, 1.165) is 25.3 Å². The monoisotopic (exact) mass is 236 g/mol. The van der Waals surface area contributed by atoms with Crippen molar-refractivity contribution in [3.05, 3.63) is 29.8 Å². The van der Waals surface area contributed by atoms with E-state index in [2.05, 4.69) is 31.3 Å². The Morgan fingerprint density at radius 3 is 2.41 bits per heavy atom. The van der Waals surface area contributed by atoms with Gasteiger partial charge >= 0.3 is 0 Å². The Kier molecular flexibility index (Phi) is 6.01. The van der Waals surface area contributed by atoms with Gasteiger partial charge in [-0.3, -0.25) is 0 Å². The first-order chi connectivity index (χ1) is 8.13. The van der Waals surface area contributed by atoms with Crippen LogP contribution in [0.3, 0.4) is 0 Å². The van der Waals surface area contributed by atoms with Gasteiger partial charge in [-0.05, 0) is 36.6 Å². The molecular weight excluding hydrogens is 212 g/mol. The molecule has 1 rings (SSSR count). The first-order valence-electron chi connectivity index (χ1n) is 6.22. The van der Waals surface area contributed by atoms with E-state index in [-0.39, 0.29) is 6.04 Å². The molecule has 1 aromatic rings. The van der Waals surface area contributed by atoms with Gasteiger partial charge in [-0.2, -0.15) is 0 Å². The molecule has 0 amide bonds. The quantitative estimate of drug-likeness (QED) is 0.710. The van der Waals surface area contributed by atoms with E-state index in [1.807, 2.05) is 12.1 Å². The summed E-state index contributed by atoms with van der Waals surface area (Å²) in [6.45, 7) is 6.15. The van der Waals surface area contributed by atoms with Crippen molar-refractivity contribution in [3.8, 4) is 5.75 Å². The van der Waals surface area contributed by atoms with Crippen molar-refractivity contribution in [2.75, 3.05) is 20.2 Å². The smallest absolute Gasteiger partial charge is 0.118 e. The summed E-state index contributed by atoms with van der Waals surface area (Å²) in [5.74, 6) is 1.44. The third-order valence-corrected chi connectivity index (χ3v) is 2.99. The molecule has 0 saturated carbocycles. The summed E-state index contributed by atoms with van der Waals surface area (Å²) in [5.41, 5.74) is 7.27. The number of hydrogen-bond acceptors (Lipinski definition) is 3. The maximum absolute atomic E-state index is 5.95. The molecule has 0 aliphatic carbocycles. The Hall–Kier alpha value is -1.06. The Morgan fingerprint density at radius 1 is 1.24 bits per heavy atom. The molecule has 1 unspecified atom stereocenters. The van der Waals surface area contributed by atoms with Crippen molar-refractivity contribution >= 4 is 0 Å². The maximum Gasteiger partial charge on any atom is 0.118 e. The number of nitrogens with one attached hydrogen (secondary N) is 1. The molecule has 0 radical (unpaired) electrons. The summed E-state index contributed by atoms with van der Waals surface area (Å²) in [6, 6.07) is 8.43. The highest BCUT2D eigenvalue weighted by Crippen LogP contribution is 2.11. The van der Waals surface area contributed by atoms with Crippen LogP contribution >= 0.6 is 0 Å². The van der Waals surface area contributed by atoms with Gasteiger partial charge in [0.1, 0.15) is 5.75 Å². The molecule has 1 atom stereocenters. The van der Waals surface area contributed by atoms with E-state index in [1.165, 1.54) is 5.56 Å². The largest absolute Gasteiger partial charge is 0.497 e. The van der Waals surface area contributed by atoms with Crippen LogP contribution in [0.1, 0.15) is 19.4 Å². The van der Waals surface area contributed by atoms with Gasteiger partial charge < -0.3 is 15.8 Å². The van der Waals surface area contributed by atoms with E-state index in [1.54, 1.807) is 7.11 Å². The molecule has 0 aromatic heterocycles. The van der Waals surface area contributed by atoms with E-state index >= 15 is 0 Å². The average molecular weight is 236 g/mol. The molecule has 0 heterocycles. The van der Waals surface area contributed by atoms with Crippen LogP contribution in [0.4, 0.5) is 0 Å². The SMILES string of the molecule is COc1ccc(CCNCC(N)C(C)C)cc1. The minimum atomic E-state index is 0.242. The zero-order chi connectivity index (χ0) is 12.7. The molecule has 96 valence electrons. The predicted molar refractivity (Wildman–Crippen MR) is 72.4 cm³/mol. The molecule has 0 aliphatic rings. The molecule has 0 spiro atoms. The van der Waals surface area contributed by atoms with E-state index < -0.39 is 0 Å². The zero-order valence-electron chi connectivity index (χ0n) is 11.1. The fraction of sp³-hybridized carbons (Fsp3) is 0.571. The number of benzene rings is 1. The number of ether oxygens (including phenoxy) is 1. The van der Waals surface area contributed by atoms with Crippen LogP contribution < -0.4 is 15.8 Å². The number of methoxy groups -OCH3 is 1. The normalized spacial score (nSPS) is 12.8. The molecule has 1 aromatic carbocycles. The van der Waals surface area contributed by atoms with Gasteiger partial charge in [-0.1, -0.05) is 26.0 Å². The number of hydrogen-bond donors (Lipinski definition) is 2. The molecule has 0 aliphatic heterocycles. The Bertz CT molecular complexity index is 309. The van der Waals surface area contributed by atoms with Crippen LogP contribution in [0.5, 0.6) is 5.75 Å². The van der Waals surface area contributed by atoms with E-state index in [4.69, 9.17) is 10.5 Å². The van der Waals surface area contributed by atoms with Crippen molar-refractivity contribution in [2.24, 2.45) is 11.7 Å². The van der Waals surface area contributed by atoms with Crippen LogP contribution in [-0.2, 0) is 6.42 Å². The lowest BCUT2D eigenvalue weighted by molar-refractivity contribution is 0.414. The fourth-order valence-corrected chi connectivity index (χ4v) is 1.53. The topological polar surface area (TPSA) is 47.3 Å². The van der Waals surface area contributed by atoms with Gasteiger partial charge in [-0.25, -0.2) is 0 Å². The second kappa shape index (κ2) is 7.30. The van der Waals surface area contributed by atoms with Crippen LogP contribution in [0.25, 0.3) is 0 Å². The molecule has 3 nitrogen and oxygen atoms in total. The lowest BCUT2D eigenvalue weighted by Crippen LogP contribution is -2.38. The summed E-state index contributed by atoms with van der Waals surface area (Å²) in [5, 5.41) is 3.39. The summed E-state index contributed by atoms with van der Waals surface area (Å²) in [7, 11) is 1.68. The third-order valence-electron chi connectivity index (χ3n) is 2.99. The van der Waals surface area contributed by atoms with Crippen molar-refractivity contribution < 1.29 is 4.74 Å². The Balaban J connectivity index is 2.22. The van der Waals surface area contributed by atoms with E-state index in [9.17, 15) is 0 Å².